The van der Waals surface area contributed by atoms with Gasteiger partial charge in [0.15, 0.2) is 0 Å². The molecule has 2 fully saturated rings. The number of hydrogen-bond acceptors (Lipinski definition) is 3. The minimum atomic E-state index is -0.353. The number of urea groups is 1. The molecule has 0 spiro atoms. The van der Waals surface area contributed by atoms with Crippen LogP contribution in [0.25, 0.3) is 0 Å². The zero-order chi connectivity index (χ0) is 18.0. The molecule has 1 aromatic carbocycles. The summed E-state index contributed by atoms with van der Waals surface area (Å²) in [6.45, 7) is 3.42. The highest BCUT2D eigenvalue weighted by molar-refractivity contribution is 5.89. The Labute approximate surface area is 153 Å². The second-order valence-corrected chi connectivity index (χ2v) is 7.30. The van der Waals surface area contributed by atoms with E-state index in [9.17, 15) is 9.18 Å². The van der Waals surface area contributed by atoms with E-state index in [0.717, 1.165) is 38.8 Å². The number of amides is 2. The first kappa shape index (κ1) is 17.5. The Bertz CT molecular complexity index is 704. The Balaban J connectivity index is 1.58. The fourth-order valence-electron chi connectivity index (χ4n) is 4.69. The van der Waals surface area contributed by atoms with Gasteiger partial charge in [-0.05, 0) is 43.9 Å². The van der Waals surface area contributed by atoms with Gasteiger partial charge in [0.25, 0.3) is 0 Å². The molecule has 2 saturated heterocycles. The van der Waals surface area contributed by atoms with Crippen LogP contribution in [-0.2, 0) is 9.47 Å². The zero-order valence-electron chi connectivity index (χ0n) is 14.9. The Morgan fingerprint density at radius 1 is 1.31 bits per heavy atom. The van der Waals surface area contributed by atoms with E-state index in [0.29, 0.717) is 25.5 Å². The number of benzene rings is 1. The van der Waals surface area contributed by atoms with Gasteiger partial charge in [-0.15, -0.1) is 0 Å². The quantitative estimate of drug-likeness (QED) is 0.820. The van der Waals surface area contributed by atoms with E-state index < -0.39 is 0 Å². The van der Waals surface area contributed by atoms with Gasteiger partial charge in [0.2, 0.25) is 0 Å². The van der Waals surface area contributed by atoms with Crippen molar-refractivity contribution >= 4 is 11.7 Å². The van der Waals surface area contributed by atoms with Crippen LogP contribution in [0.5, 0.6) is 0 Å². The topological polar surface area (TPSA) is 50.8 Å². The Morgan fingerprint density at radius 3 is 3.04 bits per heavy atom. The lowest BCUT2D eigenvalue weighted by molar-refractivity contribution is -0.0691. The lowest BCUT2D eigenvalue weighted by Crippen LogP contribution is -2.60. The van der Waals surface area contributed by atoms with Gasteiger partial charge >= 0.3 is 6.03 Å². The van der Waals surface area contributed by atoms with Crippen LogP contribution in [0.15, 0.2) is 35.9 Å². The number of nitrogens with zero attached hydrogens (tertiary/aromatic N) is 1. The predicted octanol–water partition coefficient (Wildman–Crippen LogP) is 3.58. The third kappa shape index (κ3) is 3.23. The molecule has 0 aromatic heterocycles. The molecule has 3 aliphatic heterocycles. The minimum absolute atomic E-state index is 0.112. The van der Waals surface area contributed by atoms with Crippen molar-refractivity contribution in [1.29, 1.82) is 0 Å². The van der Waals surface area contributed by atoms with Crippen LogP contribution in [-0.4, -0.2) is 49.9 Å². The first-order valence-electron chi connectivity index (χ1n) is 9.37. The summed E-state index contributed by atoms with van der Waals surface area (Å²) >= 11 is 0. The van der Waals surface area contributed by atoms with Crippen molar-refractivity contribution in [1.82, 2.24) is 4.90 Å². The SMILES string of the molecule is O=C(Nc1cccc(F)c1)N1CCC[C@@]2(C3=CCOCC3)COCC[C@H]12. The molecule has 3 aliphatic rings. The molecule has 1 aromatic rings. The third-order valence-electron chi connectivity index (χ3n) is 5.87. The molecule has 4 rings (SSSR count). The lowest BCUT2D eigenvalue weighted by atomic mass is 9.65. The summed E-state index contributed by atoms with van der Waals surface area (Å²) < 4.78 is 24.8. The average molecular weight is 360 g/mol. The molecule has 1 N–H and O–H groups in total. The molecular formula is C20H25FN2O3. The average Bonchev–Trinajstić information content (AvgIpc) is 2.68. The number of piperidine rings is 1. The Morgan fingerprint density at radius 2 is 2.23 bits per heavy atom. The van der Waals surface area contributed by atoms with E-state index in [1.807, 2.05) is 4.90 Å². The summed E-state index contributed by atoms with van der Waals surface area (Å²) in [6, 6.07) is 6.00. The maximum absolute atomic E-state index is 13.4. The molecule has 0 bridgehead atoms. The standard InChI is InChI=1S/C20H25FN2O3/c21-16-3-1-4-17(13-16)22-19(24)23-9-2-8-20(14-26-12-7-18(20)23)15-5-10-25-11-6-15/h1,3-5,13,18H,2,6-12,14H2,(H,22,24)/t18-,20-/m0/s1. The number of carbonyl (C=O) groups excluding carboxylic acids is 1. The van der Waals surface area contributed by atoms with Crippen LogP contribution < -0.4 is 5.32 Å². The van der Waals surface area contributed by atoms with Gasteiger partial charge in [-0.1, -0.05) is 17.7 Å². The molecule has 0 radical (unpaired) electrons. The number of fused-ring (bicyclic) bond motifs is 1. The van der Waals surface area contributed by atoms with E-state index in [1.165, 1.54) is 17.7 Å². The summed E-state index contributed by atoms with van der Waals surface area (Å²) in [5.74, 6) is -0.353. The number of hydrogen-bond donors (Lipinski definition) is 1. The highest BCUT2D eigenvalue weighted by atomic mass is 19.1. The van der Waals surface area contributed by atoms with E-state index in [2.05, 4.69) is 11.4 Å². The number of rotatable bonds is 2. The Hall–Kier alpha value is -1.92. The first-order valence-corrected chi connectivity index (χ1v) is 9.37. The van der Waals surface area contributed by atoms with Gasteiger partial charge in [-0.25, -0.2) is 9.18 Å². The van der Waals surface area contributed by atoms with E-state index in [4.69, 9.17) is 9.47 Å². The molecule has 0 unspecified atom stereocenters. The van der Waals surface area contributed by atoms with E-state index >= 15 is 0 Å². The van der Waals surface area contributed by atoms with Crippen molar-refractivity contribution in [3.05, 3.63) is 41.7 Å². The smallest absolute Gasteiger partial charge is 0.322 e. The second kappa shape index (κ2) is 7.37. The van der Waals surface area contributed by atoms with Crippen LogP contribution in [0.3, 0.4) is 0 Å². The van der Waals surface area contributed by atoms with Gasteiger partial charge in [0, 0.05) is 30.3 Å². The monoisotopic (exact) mass is 360 g/mol. The second-order valence-electron chi connectivity index (χ2n) is 7.30. The molecular weight excluding hydrogens is 335 g/mol. The van der Waals surface area contributed by atoms with Crippen molar-refractivity contribution in [3.63, 3.8) is 0 Å². The molecule has 0 aliphatic carbocycles. The molecule has 0 saturated carbocycles. The van der Waals surface area contributed by atoms with Crippen LogP contribution >= 0.6 is 0 Å². The summed E-state index contributed by atoms with van der Waals surface area (Å²) in [7, 11) is 0. The van der Waals surface area contributed by atoms with Gasteiger partial charge < -0.3 is 19.7 Å². The van der Waals surface area contributed by atoms with Crippen LogP contribution in [0.4, 0.5) is 14.9 Å². The van der Waals surface area contributed by atoms with Crippen molar-refractivity contribution in [3.8, 4) is 0 Å². The summed E-state index contributed by atoms with van der Waals surface area (Å²) in [6.07, 6.45) is 5.88. The molecule has 26 heavy (non-hydrogen) atoms. The molecule has 2 atom stereocenters. The van der Waals surface area contributed by atoms with Gasteiger partial charge in [0.05, 0.1) is 19.8 Å². The summed E-state index contributed by atoms with van der Waals surface area (Å²) in [5.41, 5.74) is 1.75. The van der Waals surface area contributed by atoms with Crippen molar-refractivity contribution in [2.75, 3.05) is 38.3 Å². The molecule has 6 heteroatoms. The highest BCUT2D eigenvalue weighted by Crippen LogP contribution is 2.47. The van der Waals surface area contributed by atoms with Gasteiger partial charge in [0.1, 0.15) is 5.82 Å². The molecule has 140 valence electrons. The van der Waals surface area contributed by atoms with Crippen LogP contribution in [0, 0.1) is 11.2 Å². The highest BCUT2D eigenvalue weighted by Gasteiger charge is 2.50. The predicted molar refractivity (Wildman–Crippen MR) is 96.5 cm³/mol. The van der Waals surface area contributed by atoms with Crippen LogP contribution in [0.1, 0.15) is 25.7 Å². The third-order valence-corrected chi connectivity index (χ3v) is 5.87. The largest absolute Gasteiger partial charge is 0.380 e. The van der Waals surface area contributed by atoms with E-state index in [1.54, 1.807) is 12.1 Å². The first-order chi connectivity index (χ1) is 12.7. The number of halogens is 1. The number of nitrogens with one attached hydrogen (secondary N) is 1. The molecule has 3 heterocycles. The van der Waals surface area contributed by atoms with Crippen LogP contribution in [0.2, 0.25) is 0 Å². The minimum Gasteiger partial charge on any atom is -0.380 e. The van der Waals surface area contributed by atoms with E-state index in [-0.39, 0.29) is 23.3 Å². The maximum atomic E-state index is 13.4. The molecule has 2 amide bonds. The van der Waals surface area contributed by atoms with Crippen molar-refractivity contribution in [2.24, 2.45) is 5.41 Å². The number of anilines is 1. The summed E-state index contributed by atoms with van der Waals surface area (Å²) in [4.78, 5) is 14.9. The van der Waals surface area contributed by atoms with Crippen molar-refractivity contribution < 1.29 is 18.7 Å². The maximum Gasteiger partial charge on any atom is 0.322 e. The lowest BCUT2D eigenvalue weighted by Gasteiger charge is -2.53. The van der Waals surface area contributed by atoms with Gasteiger partial charge in [-0.3, -0.25) is 0 Å². The fraction of sp³-hybridized carbons (Fsp3) is 0.550. The number of carbonyl (C=O) groups is 1. The fourth-order valence-corrected chi connectivity index (χ4v) is 4.69. The van der Waals surface area contributed by atoms with Gasteiger partial charge in [-0.2, -0.15) is 0 Å². The van der Waals surface area contributed by atoms with Crippen molar-refractivity contribution in [2.45, 2.75) is 31.7 Å². The Kier molecular flexibility index (Phi) is 4.96. The summed E-state index contributed by atoms with van der Waals surface area (Å²) in [5, 5.41) is 2.87. The molecule has 5 nitrogen and oxygen atoms in total. The number of likely N-dealkylation sites (tertiary alicyclic amines) is 1. The number of ether oxygens (including phenoxy) is 2. The normalized spacial score (nSPS) is 28.9. The zero-order valence-corrected chi connectivity index (χ0v) is 14.9.